The van der Waals surface area contributed by atoms with Crippen molar-refractivity contribution in [3.63, 3.8) is 0 Å². The van der Waals surface area contributed by atoms with Gasteiger partial charge in [-0.15, -0.1) is 0 Å². The highest BCUT2D eigenvalue weighted by atomic mass is 14.9. The van der Waals surface area contributed by atoms with Crippen molar-refractivity contribution in [1.29, 1.82) is 0 Å². The summed E-state index contributed by atoms with van der Waals surface area (Å²) in [6, 6.07) is 11.0. The quantitative estimate of drug-likeness (QED) is 0.739. The average Bonchev–Trinajstić information content (AvgIpc) is 2.28. The van der Waals surface area contributed by atoms with E-state index >= 15 is 0 Å². The first kappa shape index (κ1) is 13.2. The van der Waals surface area contributed by atoms with Gasteiger partial charge in [-0.25, -0.2) is 0 Å². The first-order valence-corrected chi connectivity index (χ1v) is 6.19. The van der Waals surface area contributed by atoms with Gasteiger partial charge in [0.2, 0.25) is 0 Å². The monoisotopic (exact) mass is 220 g/mol. The second kappa shape index (κ2) is 7.42. The van der Waals surface area contributed by atoms with Gasteiger partial charge in [-0.3, -0.25) is 0 Å². The van der Waals surface area contributed by atoms with Gasteiger partial charge < -0.3 is 11.1 Å². The molecule has 1 aromatic carbocycles. The van der Waals surface area contributed by atoms with E-state index in [0.717, 1.165) is 25.9 Å². The van der Waals surface area contributed by atoms with Crippen LogP contribution in [-0.2, 0) is 6.42 Å². The number of nitrogens with two attached hydrogens (primary N) is 1. The molecule has 3 N–H and O–H groups in total. The number of rotatable bonds is 7. The van der Waals surface area contributed by atoms with Crippen molar-refractivity contribution in [3.05, 3.63) is 35.9 Å². The largest absolute Gasteiger partial charge is 0.329 e. The Morgan fingerprint density at radius 1 is 1.19 bits per heavy atom. The normalized spacial score (nSPS) is 13.0. The minimum Gasteiger partial charge on any atom is -0.329 e. The zero-order valence-corrected chi connectivity index (χ0v) is 10.4. The Kier molecular flexibility index (Phi) is 6.12. The highest BCUT2D eigenvalue weighted by Gasteiger charge is 2.07. The van der Waals surface area contributed by atoms with Gasteiger partial charge in [0.15, 0.2) is 0 Å². The molecule has 0 bridgehead atoms. The number of hydrogen-bond donors (Lipinski definition) is 2. The highest BCUT2D eigenvalue weighted by molar-refractivity contribution is 5.14. The second-order valence-corrected chi connectivity index (χ2v) is 4.75. The van der Waals surface area contributed by atoms with Crippen molar-refractivity contribution in [2.75, 3.05) is 13.1 Å². The standard InChI is InChI=1S/C14H24N2/c1-12(2)10-14(11-15)16-9-8-13-6-4-3-5-7-13/h3-7,12,14,16H,8-11,15H2,1-2H3. The summed E-state index contributed by atoms with van der Waals surface area (Å²) in [6.45, 7) is 6.22. The third-order valence-electron chi connectivity index (χ3n) is 2.73. The maximum Gasteiger partial charge on any atom is 0.0192 e. The predicted octanol–water partition coefficient (Wildman–Crippen LogP) is 2.19. The van der Waals surface area contributed by atoms with E-state index in [9.17, 15) is 0 Å². The molecule has 0 fully saturated rings. The molecule has 16 heavy (non-hydrogen) atoms. The summed E-state index contributed by atoms with van der Waals surface area (Å²) in [6.07, 6.45) is 2.24. The van der Waals surface area contributed by atoms with Crippen LogP contribution in [0.15, 0.2) is 30.3 Å². The maximum absolute atomic E-state index is 5.74. The molecule has 1 aromatic rings. The molecule has 0 spiro atoms. The summed E-state index contributed by atoms with van der Waals surface area (Å²) in [5, 5.41) is 3.52. The lowest BCUT2D eigenvalue weighted by Crippen LogP contribution is -2.38. The van der Waals surface area contributed by atoms with Crippen molar-refractivity contribution in [2.45, 2.75) is 32.7 Å². The molecule has 0 aliphatic rings. The molecule has 0 aliphatic carbocycles. The fourth-order valence-corrected chi connectivity index (χ4v) is 1.90. The van der Waals surface area contributed by atoms with Crippen molar-refractivity contribution in [2.24, 2.45) is 11.7 Å². The molecule has 1 unspecified atom stereocenters. The third kappa shape index (κ3) is 5.29. The molecular formula is C14H24N2. The van der Waals surface area contributed by atoms with Crippen LogP contribution >= 0.6 is 0 Å². The van der Waals surface area contributed by atoms with Crippen LogP contribution in [0.4, 0.5) is 0 Å². The van der Waals surface area contributed by atoms with E-state index in [4.69, 9.17) is 5.73 Å². The minimum absolute atomic E-state index is 0.462. The second-order valence-electron chi connectivity index (χ2n) is 4.75. The SMILES string of the molecule is CC(C)CC(CN)NCCc1ccccc1. The fourth-order valence-electron chi connectivity index (χ4n) is 1.90. The van der Waals surface area contributed by atoms with Crippen LogP contribution in [0.5, 0.6) is 0 Å². The van der Waals surface area contributed by atoms with E-state index < -0.39 is 0 Å². The molecule has 2 nitrogen and oxygen atoms in total. The maximum atomic E-state index is 5.74. The summed E-state index contributed by atoms with van der Waals surface area (Å²) in [7, 11) is 0. The molecule has 0 amide bonds. The van der Waals surface area contributed by atoms with Crippen molar-refractivity contribution >= 4 is 0 Å². The van der Waals surface area contributed by atoms with Crippen molar-refractivity contribution < 1.29 is 0 Å². The Labute approximate surface area is 99.2 Å². The lowest BCUT2D eigenvalue weighted by atomic mass is 10.0. The molecule has 0 saturated carbocycles. The van der Waals surface area contributed by atoms with Crippen LogP contribution < -0.4 is 11.1 Å². The van der Waals surface area contributed by atoms with Gasteiger partial charge in [-0.05, 0) is 30.9 Å². The van der Waals surface area contributed by atoms with Gasteiger partial charge in [-0.1, -0.05) is 44.2 Å². The average molecular weight is 220 g/mol. The Hall–Kier alpha value is -0.860. The van der Waals surface area contributed by atoms with E-state index in [1.165, 1.54) is 5.56 Å². The zero-order valence-electron chi connectivity index (χ0n) is 10.4. The molecule has 0 aliphatic heterocycles. The summed E-state index contributed by atoms with van der Waals surface area (Å²) < 4.78 is 0. The smallest absolute Gasteiger partial charge is 0.0192 e. The summed E-state index contributed by atoms with van der Waals surface area (Å²) in [4.78, 5) is 0. The predicted molar refractivity (Wildman–Crippen MR) is 70.4 cm³/mol. The minimum atomic E-state index is 0.462. The molecule has 1 atom stereocenters. The van der Waals surface area contributed by atoms with Gasteiger partial charge in [0, 0.05) is 12.6 Å². The Morgan fingerprint density at radius 3 is 2.44 bits per heavy atom. The van der Waals surface area contributed by atoms with Gasteiger partial charge in [0.05, 0.1) is 0 Å². The Morgan fingerprint density at radius 2 is 1.88 bits per heavy atom. The third-order valence-corrected chi connectivity index (χ3v) is 2.73. The van der Waals surface area contributed by atoms with Crippen LogP contribution in [0.3, 0.4) is 0 Å². The fraction of sp³-hybridized carbons (Fsp3) is 0.571. The van der Waals surface area contributed by atoms with Gasteiger partial charge in [-0.2, -0.15) is 0 Å². The molecule has 2 heteroatoms. The first-order chi connectivity index (χ1) is 7.72. The van der Waals surface area contributed by atoms with Crippen LogP contribution in [-0.4, -0.2) is 19.1 Å². The molecule has 1 rings (SSSR count). The Balaban J connectivity index is 2.23. The summed E-state index contributed by atoms with van der Waals surface area (Å²) in [5.41, 5.74) is 7.12. The zero-order chi connectivity index (χ0) is 11.8. The van der Waals surface area contributed by atoms with Gasteiger partial charge in [0.1, 0.15) is 0 Å². The molecule has 0 aromatic heterocycles. The molecule has 0 saturated heterocycles. The number of benzene rings is 1. The van der Waals surface area contributed by atoms with E-state index in [0.29, 0.717) is 12.0 Å². The number of nitrogens with one attached hydrogen (secondary N) is 1. The van der Waals surface area contributed by atoms with Crippen LogP contribution in [0, 0.1) is 5.92 Å². The van der Waals surface area contributed by atoms with E-state index in [2.05, 4.69) is 49.5 Å². The van der Waals surface area contributed by atoms with Crippen molar-refractivity contribution in [1.82, 2.24) is 5.32 Å². The Bertz CT molecular complexity index is 269. The van der Waals surface area contributed by atoms with E-state index in [1.54, 1.807) is 0 Å². The molecule has 0 radical (unpaired) electrons. The van der Waals surface area contributed by atoms with Crippen molar-refractivity contribution in [3.8, 4) is 0 Å². The van der Waals surface area contributed by atoms with E-state index in [1.807, 2.05) is 0 Å². The summed E-state index contributed by atoms with van der Waals surface area (Å²) >= 11 is 0. The highest BCUT2D eigenvalue weighted by Crippen LogP contribution is 2.04. The first-order valence-electron chi connectivity index (χ1n) is 6.19. The van der Waals surface area contributed by atoms with Crippen LogP contribution in [0.1, 0.15) is 25.8 Å². The lowest BCUT2D eigenvalue weighted by Gasteiger charge is -2.18. The molecule has 0 heterocycles. The van der Waals surface area contributed by atoms with Crippen LogP contribution in [0.2, 0.25) is 0 Å². The van der Waals surface area contributed by atoms with Gasteiger partial charge >= 0.3 is 0 Å². The van der Waals surface area contributed by atoms with Gasteiger partial charge in [0.25, 0.3) is 0 Å². The van der Waals surface area contributed by atoms with Crippen LogP contribution in [0.25, 0.3) is 0 Å². The summed E-state index contributed by atoms with van der Waals surface area (Å²) in [5.74, 6) is 0.706. The number of hydrogen-bond acceptors (Lipinski definition) is 2. The topological polar surface area (TPSA) is 38.0 Å². The molecular weight excluding hydrogens is 196 g/mol. The van der Waals surface area contributed by atoms with E-state index in [-0.39, 0.29) is 0 Å². The molecule has 90 valence electrons. The lowest BCUT2D eigenvalue weighted by molar-refractivity contribution is 0.426.